The Morgan fingerprint density at radius 2 is 1.88 bits per heavy atom. The van der Waals surface area contributed by atoms with Crippen molar-refractivity contribution in [3.8, 4) is 0 Å². The number of halogens is 1. The van der Waals surface area contributed by atoms with Crippen LogP contribution in [0.4, 0.5) is 4.39 Å². The lowest BCUT2D eigenvalue weighted by Gasteiger charge is -2.03. The molecule has 1 aromatic rings. The van der Waals surface area contributed by atoms with E-state index in [0.717, 1.165) is 0 Å². The van der Waals surface area contributed by atoms with Crippen LogP contribution in [0.2, 0.25) is 0 Å². The van der Waals surface area contributed by atoms with Gasteiger partial charge in [0.15, 0.2) is 5.78 Å². The number of Topliss-reactive ketones (excluding diaryl/α,β-unsaturated/α-hetero) is 1. The third-order valence-corrected chi connectivity index (χ3v) is 2.21. The summed E-state index contributed by atoms with van der Waals surface area (Å²) in [5.41, 5.74) is 0.551. The number of methoxy groups -OCH3 is 1. The molecular weight excluding hydrogens is 223 g/mol. The zero-order chi connectivity index (χ0) is 12.8. The average Bonchev–Trinajstić information content (AvgIpc) is 2.36. The maximum Gasteiger partial charge on any atom is 0.341 e. The molecule has 4 heteroatoms. The van der Waals surface area contributed by atoms with Crippen molar-refractivity contribution in [1.82, 2.24) is 0 Å². The van der Waals surface area contributed by atoms with Crippen LogP contribution >= 0.6 is 0 Å². The van der Waals surface area contributed by atoms with E-state index in [4.69, 9.17) is 0 Å². The Labute approximate surface area is 98.9 Å². The van der Waals surface area contributed by atoms with E-state index in [9.17, 15) is 14.0 Å². The van der Waals surface area contributed by atoms with Crippen molar-refractivity contribution in [2.24, 2.45) is 0 Å². The second-order valence-electron chi connectivity index (χ2n) is 3.38. The molecule has 0 saturated carbocycles. The fraction of sp³-hybridized carbons (Fsp3) is 0.231. The SMILES string of the molecule is CCC(=O)/C(=C/c1ccc(F)cc1)C(=O)OC. The normalized spacial score (nSPS) is 11.1. The molecule has 3 nitrogen and oxygen atoms in total. The van der Waals surface area contributed by atoms with Crippen LogP contribution in [0, 0.1) is 5.82 Å². The molecular formula is C13H13FO3. The van der Waals surface area contributed by atoms with Crippen LogP contribution in [0.3, 0.4) is 0 Å². The van der Waals surface area contributed by atoms with Gasteiger partial charge in [0.25, 0.3) is 0 Å². The Balaban J connectivity index is 3.09. The zero-order valence-corrected chi connectivity index (χ0v) is 9.70. The van der Waals surface area contributed by atoms with Crippen LogP contribution in [-0.2, 0) is 14.3 Å². The highest BCUT2D eigenvalue weighted by Gasteiger charge is 2.16. The number of hydrogen-bond donors (Lipinski definition) is 0. The summed E-state index contributed by atoms with van der Waals surface area (Å²) >= 11 is 0. The Bertz CT molecular complexity index is 428. The molecule has 1 rings (SSSR count). The molecule has 0 bridgehead atoms. The third-order valence-electron chi connectivity index (χ3n) is 2.21. The molecule has 0 aliphatic rings. The maximum atomic E-state index is 12.7. The van der Waals surface area contributed by atoms with Crippen molar-refractivity contribution >= 4 is 17.8 Å². The van der Waals surface area contributed by atoms with E-state index < -0.39 is 5.97 Å². The number of carbonyl (C=O) groups is 2. The summed E-state index contributed by atoms with van der Waals surface area (Å²) in [4.78, 5) is 22.9. The molecule has 0 radical (unpaired) electrons. The lowest BCUT2D eigenvalue weighted by atomic mass is 10.1. The number of ether oxygens (including phenoxy) is 1. The molecule has 0 saturated heterocycles. The first-order valence-corrected chi connectivity index (χ1v) is 5.17. The number of hydrogen-bond acceptors (Lipinski definition) is 3. The van der Waals surface area contributed by atoms with Crippen LogP contribution in [0.25, 0.3) is 6.08 Å². The van der Waals surface area contributed by atoms with Crippen molar-refractivity contribution in [2.75, 3.05) is 7.11 Å². The Kier molecular flexibility index (Phi) is 4.57. The van der Waals surface area contributed by atoms with Crippen molar-refractivity contribution < 1.29 is 18.7 Å². The van der Waals surface area contributed by atoms with E-state index in [1.54, 1.807) is 6.92 Å². The fourth-order valence-corrected chi connectivity index (χ4v) is 1.28. The number of benzene rings is 1. The molecule has 0 fully saturated rings. The lowest BCUT2D eigenvalue weighted by Crippen LogP contribution is -2.13. The Hall–Kier alpha value is -1.97. The predicted molar refractivity (Wildman–Crippen MR) is 61.7 cm³/mol. The fourth-order valence-electron chi connectivity index (χ4n) is 1.28. The predicted octanol–water partition coefficient (Wildman–Crippen LogP) is 2.36. The maximum absolute atomic E-state index is 12.7. The molecule has 0 spiro atoms. The summed E-state index contributed by atoms with van der Waals surface area (Å²) < 4.78 is 17.2. The summed E-state index contributed by atoms with van der Waals surface area (Å²) in [7, 11) is 1.21. The number of rotatable bonds is 4. The average molecular weight is 236 g/mol. The zero-order valence-electron chi connectivity index (χ0n) is 9.70. The van der Waals surface area contributed by atoms with E-state index in [0.29, 0.717) is 5.56 Å². The van der Waals surface area contributed by atoms with Gasteiger partial charge >= 0.3 is 5.97 Å². The van der Waals surface area contributed by atoms with Crippen LogP contribution < -0.4 is 0 Å². The van der Waals surface area contributed by atoms with Gasteiger partial charge in [-0.1, -0.05) is 19.1 Å². The number of esters is 1. The van der Waals surface area contributed by atoms with Gasteiger partial charge in [0.1, 0.15) is 11.4 Å². The van der Waals surface area contributed by atoms with Gasteiger partial charge in [-0.05, 0) is 23.8 Å². The van der Waals surface area contributed by atoms with E-state index in [2.05, 4.69) is 4.74 Å². The summed E-state index contributed by atoms with van der Waals surface area (Å²) in [5.74, 6) is -1.36. The molecule has 0 aliphatic heterocycles. The van der Waals surface area contributed by atoms with Crippen LogP contribution in [0.1, 0.15) is 18.9 Å². The summed E-state index contributed by atoms with van der Waals surface area (Å²) in [6.07, 6.45) is 1.61. The number of ketones is 1. The molecule has 0 heterocycles. The van der Waals surface area contributed by atoms with Gasteiger partial charge in [-0.15, -0.1) is 0 Å². The smallest absolute Gasteiger partial charge is 0.341 e. The van der Waals surface area contributed by atoms with Crippen LogP contribution in [0.15, 0.2) is 29.8 Å². The van der Waals surface area contributed by atoms with Gasteiger partial charge in [0, 0.05) is 6.42 Å². The van der Waals surface area contributed by atoms with Crippen molar-refractivity contribution in [3.63, 3.8) is 0 Å². The van der Waals surface area contributed by atoms with Gasteiger partial charge in [0.05, 0.1) is 7.11 Å². The van der Waals surface area contributed by atoms with Crippen molar-refractivity contribution in [1.29, 1.82) is 0 Å². The number of carbonyl (C=O) groups excluding carboxylic acids is 2. The topological polar surface area (TPSA) is 43.4 Å². The highest BCUT2D eigenvalue weighted by atomic mass is 19.1. The molecule has 1 aromatic carbocycles. The van der Waals surface area contributed by atoms with Gasteiger partial charge in [-0.25, -0.2) is 9.18 Å². The van der Waals surface area contributed by atoms with E-state index in [1.807, 2.05) is 0 Å². The third kappa shape index (κ3) is 3.52. The molecule has 17 heavy (non-hydrogen) atoms. The van der Waals surface area contributed by atoms with Crippen molar-refractivity contribution in [2.45, 2.75) is 13.3 Å². The molecule has 0 aliphatic carbocycles. The Morgan fingerprint density at radius 3 is 2.35 bits per heavy atom. The van der Waals surface area contributed by atoms with Gasteiger partial charge in [-0.2, -0.15) is 0 Å². The largest absolute Gasteiger partial charge is 0.465 e. The van der Waals surface area contributed by atoms with Gasteiger partial charge in [0.2, 0.25) is 0 Å². The minimum atomic E-state index is -0.679. The minimum Gasteiger partial charge on any atom is -0.465 e. The van der Waals surface area contributed by atoms with Gasteiger partial charge < -0.3 is 4.74 Å². The van der Waals surface area contributed by atoms with E-state index in [1.165, 1.54) is 37.5 Å². The van der Waals surface area contributed by atoms with Gasteiger partial charge in [-0.3, -0.25) is 4.79 Å². The highest BCUT2D eigenvalue weighted by Crippen LogP contribution is 2.11. The first kappa shape index (κ1) is 13.1. The second-order valence-corrected chi connectivity index (χ2v) is 3.38. The first-order chi connectivity index (χ1) is 8.08. The minimum absolute atomic E-state index is 0.0263. The second kappa shape index (κ2) is 5.94. The highest BCUT2D eigenvalue weighted by molar-refractivity contribution is 6.20. The van der Waals surface area contributed by atoms with Crippen LogP contribution in [-0.4, -0.2) is 18.9 Å². The quantitative estimate of drug-likeness (QED) is 0.349. The molecule has 0 aromatic heterocycles. The Morgan fingerprint density at radius 1 is 1.29 bits per heavy atom. The molecule has 0 N–H and O–H groups in total. The van der Waals surface area contributed by atoms with Crippen molar-refractivity contribution in [3.05, 3.63) is 41.2 Å². The van der Waals surface area contributed by atoms with Crippen LogP contribution in [0.5, 0.6) is 0 Å². The summed E-state index contributed by atoms with van der Waals surface area (Å²) in [6.45, 7) is 1.66. The summed E-state index contributed by atoms with van der Waals surface area (Å²) in [6, 6.07) is 5.50. The summed E-state index contributed by atoms with van der Waals surface area (Å²) in [5, 5.41) is 0. The first-order valence-electron chi connectivity index (χ1n) is 5.17. The molecule has 0 unspecified atom stereocenters. The van der Waals surface area contributed by atoms with E-state index >= 15 is 0 Å². The van der Waals surface area contributed by atoms with E-state index in [-0.39, 0.29) is 23.6 Å². The molecule has 90 valence electrons. The lowest BCUT2D eigenvalue weighted by molar-refractivity contribution is -0.137. The standard InChI is InChI=1S/C13H13FO3/c1-3-12(15)11(13(16)17-2)8-9-4-6-10(14)7-5-9/h4-8H,3H2,1-2H3/b11-8-. The molecule has 0 amide bonds. The monoisotopic (exact) mass is 236 g/mol. The molecule has 0 atom stereocenters.